The van der Waals surface area contributed by atoms with E-state index in [0.29, 0.717) is 0 Å². The number of hydrogen-bond acceptors (Lipinski definition) is 0. The van der Waals surface area contributed by atoms with E-state index < -0.39 is 0 Å². The Morgan fingerprint density at radius 1 is 0.952 bits per heavy atom. The Bertz CT molecular complexity index is 620. The standard InChI is InChI=1S/C21H26/c1-5-8-9-19-15-21(13-12-17(19)6-2)20-11-10-16(4)18(7-3)14-20/h7,10-15H,3,5-6,8-9H2,1-2,4H3. The first-order chi connectivity index (χ1) is 10.2. The molecule has 0 unspecified atom stereocenters. The van der Waals surface area contributed by atoms with Gasteiger partial charge in [-0.3, -0.25) is 0 Å². The Kier molecular flexibility index (Phi) is 5.38. The van der Waals surface area contributed by atoms with Crippen LogP contribution in [0.3, 0.4) is 0 Å². The first-order valence-electron chi connectivity index (χ1n) is 8.04. The van der Waals surface area contributed by atoms with Gasteiger partial charge in [-0.1, -0.05) is 63.3 Å². The molecule has 0 aliphatic carbocycles. The minimum atomic E-state index is 1.12. The summed E-state index contributed by atoms with van der Waals surface area (Å²) in [6, 6.07) is 13.6. The van der Waals surface area contributed by atoms with Gasteiger partial charge in [0.1, 0.15) is 0 Å². The van der Waals surface area contributed by atoms with Crippen LogP contribution in [0.5, 0.6) is 0 Å². The van der Waals surface area contributed by atoms with Gasteiger partial charge < -0.3 is 0 Å². The molecule has 0 atom stereocenters. The molecule has 0 aliphatic rings. The lowest BCUT2D eigenvalue weighted by Crippen LogP contribution is -1.94. The van der Waals surface area contributed by atoms with Crippen molar-refractivity contribution in [2.45, 2.75) is 46.5 Å². The molecule has 0 saturated carbocycles. The summed E-state index contributed by atoms with van der Waals surface area (Å²) >= 11 is 0. The Labute approximate surface area is 129 Å². The van der Waals surface area contributed by atoms with E-state index in [1.807, 2.05) is 6.08 Å². The maximum absolute atomic E-state index is 3.91. The Hall–Kier alpha value is -1.82. The predicted molar refractivity (Wildman–Crippen MR) is 94.7 cm³/mol. The molecule has 0 spiro atoms. The van der Waals surface area contributed by atoms with Crippen molar-refractivity contribution in [3.05, 3.63) is 65.2 Å². The quantitative estimate of drug-likeness (QED) is 0.589. The highest BCUT2D eigenvalue weighted by atomic mass is 14.1. The minimum Gasteiger partial charge on any atom is -0.0985 e. The molecular weight excluding hydrogens is 252 g/mol. The number of benzene rings is 2. The van der Waals surface area contributed by atoms with Gasteiger partial charge in [0.25, 0.3) is 0 Å². The molecule has 21 heavy (non-hydrogen) atoms. The van der Waals surface area contributed by atoms with Crippen molar-refractivity contribution < 1.29 is 0 Å². The van der Waals surface area contributed by atoms with E-state index in [-0.39, 0.29) is 0 Å². The third kappa shape index (κ3) is 3.64. The lowest BCUT2D eigenvalue weighted by atomic mass is 9.93. The van der Waals surface area contributed by atoms with Gasteiger partial charge in [-0.05, 0) is 65.6 Å². The summed E-state index contributed by atoms with van der Waals surface area (Å²) in [5, 5.41) is 0. The largest absolute Gasteiger partial charge is 0.0985 e. The van der Waals surface area contributed by atoms with Crippen LogP contribution >= 0.6 is 0 Å². The van der Waals surface area contributed by atoms with Crippen LogP contribution in [-0.4, -0.2) is 0 Å². The van der Waals surface area contributed by atoms with Gasteiger partial charge >= 0.3 is 0 Å². The summed E-state index contributed by atoms with van der Waals surface area (Å²) in [7, 11) is 0. The summed E-state index contributed by atoms with van der Waals surface area (Å²) < 4.78 is 0. The molecule has 0 aromatic heterocycles. The van der Waals surface area contributed by atoms with Gasteiger partial charge in [0.05, 0.1) is 0 Å². The van der Waals surface area contributed by atoms with Crippen LogP contribution in [0.2, 0.25) is 0 Å². The van der Waals surface area contributed by atoms with Crippen molar-refractivity contribution in [3.8, 4) is 11.1 Å². The van der Waals surface area contributed by atoms with E-state index >= 15 is 0 Å². The summed E-state index contributed by atoms with van der Waals surface area (Å²) in [5.74, 6) is 0. The van der Waals surface area contributed by atoms with Crippen molar-refractivity contribution in [1.29, 1.82) is 0 Å². The Balaban J connectivity index is 2.41. The van der Waals surface area contributed by atoms with E-state index in [0.717, 1.165) is 6.42 Å². The average molecular weight is 278 g/mol. The minimum absolute atomic E-state index is 1.12. The first kappa shape index (κ1) is 15.6. The lowest BCUT2D eigenvalue weighted by molar-refractivity contribution is 0.787. The molecule has 0 nitrogen and oxygen atoms in total. The predicted octanol–water partition coefficient (Wildman–Crippen LogP) is 6.21. The van der Waals surface area contributed by atoms with Gasteiger partial charge in [0, 0.05) is 0 Å². The second-order valence-electron chi connectivity index (χ2n) is 5.72. The van der Waals surface area contributed by atoms with Crippen LogP contribution in [0.25, 0.3) is 17.2 Å². The SMILES string of the molecule is C=Cc1cc(-c2ccc(CC)c(CCCC)c2)ccc1C. The van der Waals surface area contributed by atoms with Crippen LogP contribution in [0, 0.1) is 6.92 Å². The summed E-state index contributed by atoms with van der Waals surface area (Å²) in [6.45, 7) is 10.5. The second kappa shape index (κ2) is 7.26. The molecule has 0 fully saturated rings. The number of rotatable bonds is 6. The van der Waals surface area contributed by atoms with Crippen LogP contribution < -0.4 is 0 Å². The highest BCUT2D eigenvalue weighted by molar-refractivity contribution is 5.69. The maximum Gasteiger partial charge on any atom is -0.0178 e. The van der Waals surface area contributed by atoms with Crippen LogP contribution in [0.1, 0.15) is 48.9 Å². The highest BCUT2D eigenvalue weighted by Crippen LogP contribution is 2.26. The van der Waals surface area contributed by atoms with Gasteiger partial charge in [-0.15, -0.1) is 0 Å². The molecule has 0 amide bonds. The summed E-state index contributed by atoms with van der Waals surface area (Å²) in [6.07, 6.45) is 6.76. The van der Waals surface area contributed by atoms with Crippen LogP contribution in [-0.2, 0) is 12.8 Å². The second-order valence-corrected chi connectivity index (χ2v) is 5.72. The molecular formula is C21H26. The van der Waals surface area contributed by atoms with Crippen molar-refractivity contribution in [3.63, 3.8) is 0 Å². The molecule has 0 radical (unpaired) electrons. The van der Waals surface area contributed by atoms with Crippen molar-refractivity contribution in [2.24, 2.45) is 0 Å². The molecule has 0 aliphatic heterocycles. The first-order valence-corrected chi connectivity index (χ1v) is 8.04. The van der Waals surface area contributed by atoms with Gasteiger partial charge in [0.2, 0.25) is 0 Å². The van der Waals surface area contributed by atoms with Gasteiger partial charge in [-0.25, -0.2) is 0 Å². The van der Waals surface area contributed by atoms with E-state index in [1.54, 1.807) is 0 Å². The fourth-order valence-corrected chi connectivity index (χ4v) is 2.79. The fourth-order valence-electron chi connectivity index (χ4n) is 2.79. The zero-order valence-corrected chi connectivity index (χ0v) is 13.6. The summed E-state index contributed by atoms with van der Waals surface area (Å²) in [5.41, 5.74) is 8.12. The monoisotopic (exact) mass is 278 g/mol. The summed E-state index contributed by atoms with van der Waals surface area (Å²) in [4.78, 5) is 0. The third-order valence-corrected chi connectivity index (χ3v) is 4.22. The molecule has 2 aromatic carbocycles. The molecule has 0 heterocycles. The Morgan fingerprint density at radius 2 is 1.67 bits per heavy atom. The van der Waals surface area contributed by atoms with E-state index in [2.05, 4.69) is 63.7 Å². The Morgan fingerprint density at radius 3 is 2.33 bits per heavy atom. The van der Waals surface area contributed by atoms with Crippen LogP contribution in [0.4, 0.5) is 0 Å². The molecule has 0 N–H and O–H groups in total. The van der Waals surface area contributed by atoms with Crippen molar-refractivity contribution >= 4 is 6.08 Å². The maximum atomic E-state index is 3.91. The third-order valence-electron chi connectivity index (χ3n) is 4.22. The fraction of sp³-hybridized carbons (Fsp3) is 0.333. The molecule has 0 bridgehead atoms. The van der Waals surface area contributed by atoms with E-state index in [1.165, 1.54) is 52.6 Å². The number of unbranched alkanes of at least 4 members (excludes halogenated alkanes) is 1. The van der Waals surface area contributed by atoms with E-state index in [9.17, 15) is 0 Å². The number of aryl methyl sites for hydroxylation is 3. The van der Waals surface area contributed by atoms with Gasteiger partial charge in [0.15, 0.2) is 0 Å². The normalized spacial score (nSPS) is 10.6. The molecule has 2 aromatic rings. The zero-order valence-electron chi connectivity index (χ0n) is 13.6. The molecule has 0 heteroatoms. The molecule has 110 valence electrons. The highest BCUT2D eigenvalue weighted by Gasteiger charge is 2.05. The topological polar surface area (TPSA) is 0 Å². The number of hydrogen-bond donors (Lipinski definition) is 0. The van der Waals surface area contributed by atoms with Crippen LogP contribution in [0.15, 0.2) is 43.0 Å². The molecule has 0 saturated heterocycles. The lowest BCUT2D eigenvalue weighted by Gasteiger charge is -2.12. The average Bonchev–Trinajstić information content (AvgIpc) is 2.53. The van der Waals surface area contributed by atoms with Gasteiger partial charge in [-0.2, -0.15) is 0 Å². The van der Waals surface area contributed by atoms with E-state index in [4.69, 9.17) is 0 Å². The zero-order chi connectivity index (χ0) is 15.2. The van der Waals surface area contributed by atoms with Crippen molar-refractivity contribution in [1.82, 2.24) is 0 Å². The van der Waals surface area contributed by atoms with Crippen molar-refractivity contribution in [2.75, 3.05) is 0 Å². The molecule has 2 rings (SSSR count). The smallest absolute Gasteiger partial charge is 0.0178 e.